The number of hydrogen-bond acceptors (Lipinski definition) is 3. The van der Waals surface area contributed by atoms with Gasteiger partial charge < -0.3 is 15.6 Å². The SMILES string of the molecule is Cl.Cl.O=C(CCC1CCNC1)Nc1cccc2[nH]cnc12. The third-order valence-corrected chi connectivity index (χ3v) is 3.67. The molecule has 3 rings (SSSR count). The van der Waals surface area contributed by atoms with Gasteiger partial charge in [-0.1, -0.05) is 6.07 Å². The average molecular weight is 331 g/mol. The Morgan fingerprint density at radius 2 is 2.24 bits per heavy atom. The highest BCUT2D eigenvalue weighted by molar-refractivity contribution is 5.99. The Morgan fingerprint density at radius 1 is 1.38 bits per heavy atom. The van der Waals surface area contributed by atoms with E-state index in [0.717, 1.165) is 36.2 Å². The number of imidazole rings is 1. The van der Waals surface area contributed by atoms with E-state index < -0.39 is 0 Å². The number of amides is 1. The first-order valence-corrected chi connectivity index (χ1v) is 6.75. The largest absolute Gasteiger partial charge is 0.345 e. The van der Waals surface area contributed by atoms with E-state index in [-0.39, 0.29) is 30.7 Å². The Labute approximate surface area is 136 Å². The molecule has 0 aliphatic carbocycles. The van der Waals surface area contributed by atoms with Crippen LogP contribution in [0.1, 0.15) is 19.3 Å². The number of benzene rings is 1. The summed E-state index contributed by atoms with van der Waals surface area (Å²) in [5.41, 5.74) is 2.55. The van der Waals surface area contributed by atoms with Crippen LogP contribution in [0, 0.1) is 5.92 Å². The molecule has 2 aromatic rings. The van der Waals surface area contributed by atoms with Gasteiger partial charge in [-0.05, 0) is 44.0 Å². The number of nitrogens with zero attached hydrogens (tertiary/aromatic N) is 1. The molecule has 0 radical (unpaired) electrons. The first-order valence-electron chi connectivity index (χ1n) is 6.75. The van der Waals surface area contributed by atoms with E-state index in [9.17, 15) is 4.79 Å². The van der Waals surface area contributed by atoms with Crippen molar-refractivity contribution in [2.24, 2.45) is 5.92 Å². The molecule has 1 unspecified atom stereocenters. The summed E-state index contributed by atoms with van der Waals surface area (Å²) in [7, 11) is 0. The first-order chi connectivity index (χ1) is 9.33. The normalized spacial score (nSPS) is 17.0. The molecule has 1 aromatic carbocycles. The van der Waals surface area contributed by atoms with Gasteiger partial charge in [0.15, 0.2) is 0 Å². The van der Waals surface area contributed by atoms with Gasteiger partial charge in [0.2, 0.25) is 5.91 Å². The van der Waals surface area contributed by atoms with E-state index in [0.29, 0.717) is 12.3 Å². The molecule has 0 saturated carbocycles. The summed E-state index contributed by atoms with van der Waals surface area (Å²) in [6.45, 7) is 2.13. The summed E-state index contributed by atoms with van der Waals surface area (Å²) in [5.74, 6) is 0.717. The van der Waals surface area contributed by atoms with Gasteiger partial charge in [-0.25, -0.2) is 4.98 Å². The van der Waals surface area contributed by atoms with Crippen LogP contribution in [0.2, 0.25) is 0 Å². The van der Waals surface area contributed by atoms with Gasteiger partial charge in [-0.2, -0.15) is 0 Å². The summed E-state index contributed by atoms with van der Waals surface area (Å²) in [5, 5.41) is 6.27. The van der Waals surface area contributed by atoms with Crippen LogP contribution < -0.4 is 10.6 Å². The highest BCUT2D eigenvalue weighted by atomic mass is 35.5. The van der Waals surface area contributed by atoms with Crippen LogP contribution in [0.25, 0.3) is 11.0 Å². The quantitative estimate of drug-likeness (QED) is 0.807. The van der Waals surface area contributed by atoms with Crippen molar-refractivity contribution in [1.29, 1.82) is 0 Å². The monoisotopic (exact) mass is 330 g/mol. The lowest BCUT2D eigenvalue weighted by molar-refractivity contribution is -0.116. The molecular formula is C14H20Cl2N4O. The molecule has 1 saturated heterocycles. The number of halogens is 2. The molecule has 1 atom stereocenters. The van der Waals surface area contributed by atoms with Crippen LogP contribution in [-0.2, 0) is 4.79 Å². The molecule has 1 amide bonds. The smallest absolute Gasteiger partial charge is 0.224 e. The number of carbonyl (C=O) groups is 1. The van der Waals surface area contributed by atoms with Crippen molar-refractivity contribution in [3.05, 3.63) is 24.5 Å². The van der Waals surface area contributed by atoms with E-state index in [2.05, 4.69) is 20.6 Å². The molecule has 0 bridgehead atoms. The van der Waals surface area contributed by atoms with E-state index in [4.69, 9.17) is 0 Å². The van der Waals surface area contributed by atoms with Gasteiger partial charge in [-0.3, -0.25) is 4.79 Å². The van der Waals surface area contributed by atoms with Gasteiger partial charge in [0.1, 0.15) is 5.52 Å². The molecule has 116 valence electrons. The number of rotatable bonds is 4. The minimum atomic E-state index is 0. The van der Waals surface area contributed by atoms with Crippen molar-refractivity contribution in [1.82, 2.24) is 15.3 Å². The number of aromatic nitrogens is 2. The molecular weight excluding hydrogens is 311 g/mol. The molecule has 1 fully saturated rings. The zero-order valence-electron chi connectivity index (χ0n) is 11.6. The molecule has 7 heteroatoms. The van der Waals surface area contributed by atoms with Crippen molar-refractivity contribution in [3.63, 3.8) is 0 Å². The Balaban J connectivity index is 0.00000110. The van der Waals surface area contributed by atoms with Gasteiger partial charge >= 0.3 is 0 Å². The number of carbonyl (C=O) groups excluding carboxylic acids is 1. The number of aromatic amines is 1. The second-order valence-corrected chi connectivity index (χ2v) is 5.05. The lowest BCUT2D eigenvalue weighted by atomic mass is 10.0. The molecule has 1 aliphatic rings. The minimum absolute atomic E-state index is 0. The van der Waals surface area contributed by atoms with Crippen LogP contribution in [0.3, 0.4) is 0 Å². The maximum Gasteiger partial charge on any atom is 0.224 e. The molecule has 2 heterocycles. The van der Waals surface area contributed by atoms with Crippen LogP contribution in [0.15, 0.2) is 24.5 Å². The van der Waals surface area contributed by atoms with Crippen molar-refractivity contribution in [2.45, 2.75) is 19.3 Å². The maximum absolute atomic E-state index is 12.0. The Morgan fingerprint density at radius 3 is 3.00 bits per heavy atom. The average Bonchev–Trinajstić information content (AvgIpc) is 3.08. The van der Waals surface area contributed by atoms with E-state index in [1.165, 1.54) is 6.42 Å². The molecule has 3 N–H and O–H groups in total. The van der Waals surface area contributed by atoms with E-state index in [1.807, 2.05) is 18.2 Å². The fourth-order valence-corrected chi connectivity index (χ4v) is 2.58. The molecule has 1 aromatic heterocycles. The zero-order chi connectivity index (χ0) is 13.1. The lowest BCUT2D eigenvalue weighted by Crippen LogP contribution is -2.15. The Hall–Kier alpha value is -1.30. The summed E-state index contributed by atoms with van der Waals surface area (Å²) in [4.78, 5) is 19.2. The number of nitrogens with one attached hydrogen (secondary N) is 3. The van der Waals surface area contributed by atoms with Crippen LogP contribution >= 0.6 is 24.8 Å². The maximum atomic E-state index is 12.0. The fourth-order valence-electron chi connectivity index (χ4n) is 2.58. The topological polar surface area (TPSA) is 69.8 Å². The predicted octanol–water partition coefficient (Wildman–Crippen LogP) is 2.73. The van der Waals surface area contributed by atoms with Gasteiger partial charge in [0.25, 0.3) is 0 Å². The highest BCUT2D eigenvalue weighted by Crippen LogP contribution is 2.20. The van der Waals surface area contributed by atoms with Crippen molar-refractivity contribution in [3.8, 4) is 0 Å². The Kier molecular flexibility index (Phi) is 6.95. The molecule has 5 nitrogen and oxygen atoms in total. The second-order valence-electron chi connectivity index (χ2n) is 5.05. The second kappa shape index (κ2) is 8.22. The third-order valence-electron chi connectivity index (χ3n) is 3.67. The van der Waals surface area contributed by atoms with Crippen LogP contribution in [0.4, 0.5) is 5.69 Å². The number of anilines is 1. The summed E-state index contributed by atoms with van der Waals surface area (Å²) in [6, 6.07) is 5.75. The number of hydrogen-bond donors (Lipinski definition) is 3. The van der Waals surface area contributed by atoms with Crippen LogP contribution in [0.5, 0.6) is 0 Å². The van der Waals surface area contributed by atoms with Crippen LogP contribution in [-0.4, -0.2) is 29.0 Å². The number of fused-ring (bicyclic) bond motifs is 1. The summed E-state index contributed by atoms with van der Waals surface area (Å²) >= 11 is 0. The van der Waals surface area contributed by atoms with E-state index in [1.54, 1.807) is 6.33 Å². The number of para-hydroxylation sites is 1. The van der Waals surface area contributed by atoms with Gasteiger partial charge in [0, 0.05) is 6.42 Å². The molecule has 0 spiro atoms. The number of H-pyrrole nitrogens is 1. The minimum Gasteiger partial charge on any atom is -0.345 e. The summed E-state index contributed by atoms with van der Waals surface area (Å²) in [6.07, 6.45) is 4.36. The first kappa shape index (κ1) is 17.8. The summed E-state index contributed by atoms with van der Waals surface area (Å²) < 4.78 is 0. The van der Waals surface area contributed by atoms with Gasteiger partial charge in [0.05, 0.1) is 17.5 Å². The zero-order valence-corrected chi connectivity index (χ0v) is 13.2. The highest BCUT2D eigenvalue weighted by Gasteiger charge is 2.16. The standard InChI is InChI=1S/C14H18N4O.2ClH/c19-13(5-4-10-6-7-15-8-10)18-12-3-1-2-11-14(12)17-9-16-11;;/h1-3,9-10,15H,4-8H2,(H,16,17)(H,18,19);2*1H. The van der Waals surface area contributed by atoms with Crippen molar-refractivity contribution in [2.75, 3.05) is 18.4 Å². The third kappa shape index (κ3) is 4.33. The van der Waals surface area contributed by atoms with Crippen molar-refractivity contribution >= 4 is 47.4 Å². The molecule has 21 heavy (non-hydrogen) atoms. The lowest BCUT2D eigenvalue weighted by Gasteiger charge is -2.09. The Bertz CT molecular complexity index is 581. The van der Waals surface area contributed by atoms with Crippen molar-refractivity contribution < 1.29 is 4.79 Å². The van der Waals surface area contributed by atoms with E-state index >= 15 is 0 Å². The fraction of sp³-hybridized carbons (Fsp3) is 0.429. The predicted molar refractivity (Wildman–Crippen MR) is 89.4 cm³/mol. The molecule has 1 aliphatic heterocycles. The van der Waals surface area contributed by atoms with Gasteiger partial charge in [-0.15, -0.1) is 24.8 Å².